The normalized spacial score (nSPS) is 13.4. The average Bonchev–Trinajstić information content (AvgIpc) is 3.33. The van der Waals surface area contributed by atoms with Gasteiger partial charge in [-0.25, -0.2) is 4.98 Å². The van der Waals surface area contributed by atoms with Gasteiger partial charge in [-0.1, -0.05) is 48.5 Å². The second-order valence-electron chi connectivity index (χ2n) is 6.93. The number of hydrogen-bond acceptors (Lipinski definition) is 4. The van der Waals surface area contributed by atoms with E-state index in [0.29, 0.717) is 6.67 Å². The molecule has 134 valence electrons. The molecule has 4 heteroatoms. The van der Waals surface area contributed by atoms with Crippen molar-refractivity contribution in [3.8, 4) is 0 Å². The monoisotopic (exact) mass is 363 g/mol. The third kappa shape index (κ3) is 2.15. The summed E-state index contributed by atoms with van der Waals surface area (Å²) in [5.41, 5.74) is 5.09. The molecule has 0 saturated heterocycles. The average molecular weight is 363 g/mol. The molecule has 6 rings (SSSR count). The number of aromatic nitrogens is 1. The minimum absolute atomic E-state index is 0.687. The molecule has 0 unspecified atom stereocenters. The number of fused-ring (bicyclic) bond motifs is 4. The maximum absolute atomic E-state index is 6.27. The molecule has 3 aromatic carbocycles. The lowest BCUT2D eigenvalue weighted by molar-refractivity contribution is 0.668. The van der Waals surface area contributed by atoms with Crippen LogP contribution in [0.4, 0.5) is 22.9 Å². The first-order valence-electron chi connectivity index (χ1n) is 9.35. The van der Waals surface area contributed by atoms with Crippen molar-refractivity contribution in [2.24, 2.45) is 0 Å². The Balaban J connectivity index is 1.56. The molecule has 0 saturated carbocycles. The molecular formula is C24H17N3O. The van der Waals surface area contributed by atoms with Gasteiger partial charge < -0.3 is 14.2 Å². The first-order valence-corrected chi connectivity index (χ1v) is 9.35. The highest BCUT2D eigenvalue weighted by Gasteiger charge is 2.30. The maximum atomic E-state index is 6.27. The molecule has 28 heavy (non-hydrogen) atoms. The van der Waals surface area contributed by atoms with Crippen LogP contribution in [0.5, 0.6) is 0 Å². The van der Waals surface area contributed by atoms with Crippen molar-refractivity contribution in [1.82, 2.24) is 4.98 Å². The van der Waals surface area contributed by atoms with Crippen LogP contribution in [0.1, 0.15) is 0 Å². The second-order valence-corrected chi connectivity index (χ2v) is 6.93. The lowest BCUT2D eigenvalue weighted by Gasteiger charge is -2.21. The molecule has 0 radical (unpaired) electrons. The number of para-hydroxylation sites is 3. The van der Waals surface area contributed by atoms with Crippen LogP contribution in [0.25, 0.3) is 21.9 Å². The van der Waals surface area contributed by atoms with E-state index >= 15 is 0 Å². The minimum atomic E-state index is 0.687. The number of nitrogens with zero attached hydrogens (tertiary/aromatic N) is 3. The van der Waals surface area contributed by atoms with E-state index in [1.54, 1.807) is 0 Å². The van der Waals surface area contributed by atoms with Gasteiger partial charge in [0.15, 0.2) is 11.4 Å². The Hall–Kier alpha value is -3.79. The Morgan fingerprint density at radius 3 is 2.39 bits per heavy atom. The molecule has 0 aliphatic carbocycles. The number of pyridine rings is 1. The summed E-state index contributed by atoms with van der Waals surface area (Å²) in [6, 6.07) is 29.0. The zero-order valence-corrected chi connectivity index (χ0v) is 15.1. The van der Waals surface area contributed by atoms with Gasteiger partial charge in [0.05, 0.1) is 11.4 Å². The molecule has 0 spiro atoms. The predicted octanol–water partition coefficient (Wildman–Crippen LogP) is 6.23. The smallest absolute Gasteiger partial charge is 0.159 e. The van der Waals surface area contributed by atoms with E-state index < -0.39 is 0 Å². The van der Waals surface area contributed by atoms with Crippen molar-refractivity contribution in [2.45, 2.75) is 0 Å². The van der Waals surface area contributed by atoms with Crippen LogP contribution in [-0.4, -0.2) is 11.7 Å². The molecular weight excluding hydrogens is 346 g/mol. The SMILES string of the molecule is c1ccc(N2CN(c3cccc4c3oc3ccccc34)c3cccnc32)cc1. The number of benzene rings is 3. The zero-order valence-electron chi connectivity index (χ0n) is 15.1. The van der Waals surface area contributed by atoms with Crippen LogP contribution in [0.15, 0.2) is 95.5 Å². The van der Waals surface area contributed by atoms with Gasteiger partial charge in [-0.15, -0.1) is 0 Å². The van der Waals surface area contributed by atoms with E-state index in [4.69, 9.17) is 4.42 Å². The first-order chi connectivity index (χ1) is 13.9. The molecule has 0 amide bonds. The van der Waals surface area contributed by atoms with Gasteiger partial charge in [0.1, 0.15) is 12.3 Å². The summed E-state index contributed by atoms with van der Waals surface area (Å²) in [4.78, 5) is 9.18. The minimum Gasteiger partial charge on any atom is -0.454 e. The summed E-state index contributed by atoms with van der Waals surface area (Å²) in [6.45, 7) is 0.687. The van der Waals surface area contributed by atoms with Crippen molar-refractivity contribution in [1.29, 1.82) is 0 Å². The second kappa shape index (κ2) is 5.86. The maximum Gasteiger partial charge on any atom is 0.159 e. The van der Waals surface area contributed by atoms with Crippen molar-refractivity contribution >= 4 is 44.8 Å². The highest BCUT2D eigenvalue weighted by Crippen LogP contribution is 2.45. The third-order valence-corrected chi connectivity index (χ3v) is 5.34. The Kier molecular flexibility index (Phi) is 3.20. The van der Waals surface area contributed by atoms with Crippen LogP contribution in [0.2, 0.25) is 0 Å². The summed E-state index contributed by atoms with van der Waals surface area (Å²) in [5.74, 6) is 0.960. The van der Waals surface area contributed by atoms with Gasteiger partial charge in [-0.05, 0) is 36.4 Å². The molecule has 0 N–H and O–H groups in total. The Morgan fingerprint density at radius 2 is 1.46 bits per heavy atom. The van der Waals surface area contributed by atoms with Gasteiger partial charge >= 0.3 is 0 Å². The van der Waals surface area contributed by atoms with Crippen LogP contribution in [0, 0.1) is 0 Å². The summed E-state index contributed by atoms with van der Waals surface area (Å²) >= 11 is 0. The summed E-state index contributed by atoms with van der Waals surface area (Å²) in [5, 5.41) is 2.28. The predicted molar refractivity (Wildman–Crippen MR) is 114 cm³/mol. The van der Waals surface area contributed by atoms with Crippen molar-refractivity contribution in [3.05, 3.63) is 91.1 Å². The number of hydrogen-bond donors (Lipinski definition) is 0. The molecule has 0 fully saturated rings. The van der Waals surface area contributed by atoms with E-state index in [2.05, 4.69) is 75.4 Å². The third-order valence-electron chi connectivity index (χ3n) is 5.34. The van der Waals surface area contributed by atoms with Crippen molar-refractivity contribution in [3.63, 3.8) is 0 Å². The van der Waals surface area contributed by atoms with Crippen LogP contribution < -0.4 is 9.80 Å². The quantitative estimate of drug-likeness (QED) is 0.372. The molecule has 0 bridgehead atoms. The molecule has 3 heterocycles. The van der Waals surface area contributed by atoms with Crippen LogP contribution in [0.3, 0.4) is 0 Å². The zero-order chi connectivity index (χ0) is 18.5. The van der Waals surface area contributed by atoms with Gasteiger partial charge in [-0.3, -0.25) is 0 Å². The lowest BCUT2D eigenvalue weighted by atomic mass is 10.1. The molecule has 1 aliphatic heterocycles. The largest absolute Gasteiger partial charge is 0.454 e. The van der Waals surface area contributed by atoms with Gasteiger partial charge in [0.2, 0.25) is 0 Å². The Bertz CT molecular complexity index is 1310. The van der Waals surface area contributed by atoms with Crippen molar-refractivity contribution in [2.75, 3.05) is 16.5 Å². The fourth-order valence-corrected chi connectivity index (χ4v) is 4.05. The van der Waals surface area contributed by atoms with Crippen LogP contribution in [-0.2, 0) is 0 Å². The molecule has 1 aliphatic rings. The lowest BCUT2D eigenvalue weighted by Crippen LogP contribution is -2.24. The molecule has 2 aromatic heterocycles. The highest BCUT2D eigenvalue weighted by atomic mass is 16.3. The fourth-order valence-electron chi connectivity index (χ4n) is 4.05. The standard InChI is InChI=1S/C24H17N3O/c1-2-8-17(9-3-1)26-16-27(21-13-7-15-25-24(21)26)20-12-6-11-19-18-10-4-5-14-22(18)28-23(19)20/h1-15H,16H2. The highest BCUT2D eigenvalue weighted by molar-refractivity contribution is 6.10. The van der Waals surface area contributed by atoms with E-state index in [-0.39, 0.29) is 0 Å². The van der Waals surface area contributed by atoms with E-state index in [0.717, 1.165) is 44.8 Å². The number of furan rings is 1. The molecule has 0 atom stereocenters. The van der Waals surface area contributed by atoms with Crippen LogP contribution >= 0.6 is 0 Å². The Morgan fingerprint density at radius 1 is 0.679 bits per heavy atom. The number of rotatable bonds is 2. The number of anilines is 4. The summed E-state index contributed by atoms with van der Waals surface area (Å²) in [7, 11) is 0. The van der Waals surface area contributed by atoms with Crippen molar-refractivity contribution < 1.29 is 4.42 Å². The topological polar surface area (TPSA) is 32.5 Å². The van der Waals surface area contributed by atoms with E-state index in [9.17, 15) is 0 Å². The molecule has 4 nitrogen and oxygen atoms in total. The summed E-state index contributed by atoms with van der Waals surface area (Å²) in [6.07, 6.45) is 1.85. The van der Waals surface area contributed by atoms with E-state index in [1.165, 1.54) is 0 Å². The van der Waals surface area contributed by atoms with Gasteiger partial charge in [0.25, 0.3) is 0 Å². The fraction of sp³-hybridized carbons (Fsp3) is 0.0417. The van der Waals surface area contributed by atoms with E-state index in [1.807, 2.05) is 30.5 Å². The van der Waals surface area contributed by atoms with Gasteiger partial charge in [0, 0.05) is 22.7 Å². The molecule has 5 aromatic rings. The Labute approximate surface area is 162 Å². The van der Waals surface area contributed by atoms with Gasteiger partial charge in [-0.2, -0.15) is 0 Å². The summed E-state index contributed by atoms with van der Waals surface area (Å²) < 4.78 is 6.27. The first kappa shape index (κ1) is 15.3.